The standard InChI is InChI=1S/C11H16Cl2OSi/c1-15(2,3)11(12,13)10(14)9-7-5-4-6-8-9/h4-8,10,14H,1-3H3. The number of benzene rings is 1. The summed E-state index contributed by atoms with van der Waals surface area (Å²) in [6, 6.07) is 9.31. The fraction of sp³-hybridized carbons (Fsp3) is 0.455. The Hall–Kier alpha value is -0.0231. The SMILES string of the molecule is C[Si](C)(C)C(Cl)(Cl)C(O)c1ccccc1. The van der Waals surface area contributed by atoms with Crippen molar-refractivity contribution in [2.45, 2.75) is 29.7 Å². The van der Waals surface area contributed by atoms with Gasteiger partial charge in [-0.2, -0.15) is 0 Å². The van der Waals surface area contributed by atoms with Gasteiger partial charge in [0.25, 0.3) is 0 Å². The zero-order valence-corrected chi connectivity index (χ0v) is 11.7. The molecule has 0 bridgehead atoms. The van der Waals surface area contributed by atoms with Gasteiger partial charge >= 0.3 is 0 Å². The van der Waals surface area contributed by atoms with Crippen molar-refractivity contribution in [3.05, 3.63) is 35.9 Å². The lowest BCUT2D eigenvalue weighted by atomic mass is 10.1. The second-order valence-electron chi connectivity index (χ2n) is 4.69. The summed E-state index contributed by atoms with van der Waals surface area (Å²) in [4.78, 5) is 0. The van der Waals surface area contributed by atoms with Crippen molar-refractivity contribution in [2.75, 3.05) is 0 Å². The van der Waals surface area contributed by atoms with E-state index in [1.807, 2.05) is 50.0 Å². The molecule has 1 rings (SSSR count). The molecule has 0 saturated carbocycles. The first kappa shape index (κ1) is 13.0. The fourth-order valence-corrected chi connectivity index (χ4v) is 2.49. The van der Waals surface area contributed by atoms with Crippen LogP contribution in [0.25, 0.3) is 0 Å². The Morgan fingerprint density at radius 3 is 2.00 bits per heavy atom. The van der Waals surface area contributed by atoms with Gasteiger partial charge < -0.3 is 5.11 Å². The molecule has 4 heteroatoms. The third kappa shape index (κ3) is 2.75. The Morgan fingerprint density at radius 1 is 1.13 bits per heavy atom. The van der Waals surface area contributed by atoms with E-state index < -0.39 is 18.1 Å². The first-order valence-corrected chi connectivity index (χ1v) is 9.13. The van der Waals surface area contributed by atoms with Crippen LogP contribution in [0.5, 0.6) is 0 Å². The van der Waals surface area contributed by atoms with Gasteiger partial charge in [-0.15, -0.1) is 23.2 Å². The van der Waals surface area contributed by atoms with E-state index >= 15 is 0 Å². The Labute approximate surface area is 102 Å². The average Bonchev–Trinajstić information content (AvgIpc) is 2.16. The third-order valence-electron chi connectivity index (χ3n) is 2.46. The van der Waals surface area contributed by atoms with Crippen molar-refractivity contribution >= 4 is 31.3 Å². The minimum Gasteiger partial charge on any atom is -0.386 e. The molecule has 15 heavy (non-hydrogen) atoms. The number of aliphatic hydroxyl groups is 1. The Bertz CT molecular complexity index is 319. The van der Waals surface area contributed by atoms with Crippen molar-refractivity contribution in [1.82, 2.24) is 0 Å². The van der Waals surface area contributed by atoms with Crippen molar-refractivity contribution in [3.8, 4) is 0 Å². The molecular formula is C11H16Cl2OSi. The molecule has 1 N–H and O–H groups in total. The summed E-state index contributed by atoms with van der Waals surface area (Å²) in [6.45, 7) is 6.12. The van der Waals surface area contributed by atoms with E-state index in [1.165, 1.54) is 0 Å². The minimum absolute atomic E-state index is 0.768. The molecule has 1 aromatic rings. The van der Waals surface area contributed by atoms with E-state index in [2.05, 4.69) is 0 Å². The van der Waals surface area contributed by atoms with Gasteiger partial charge in [0.15, 0.2) is 0 Å². The molecule has 0 radical (unpaired) electrons. The second kappa shape index (κ2) is 4.46. The van der Waals surface area contributed by atoms with Crippen LogP contribution >= 0.6 is 23.2 Å². The molecule has 84 valence electrons. The lowest BCUT2D eigenvalue weighted by molar-refractivity contribution is 0.179. The summed E-state index contributed by atoms with van der Waals surface area (Å²) in [6.07, 6.45) is -0.825. The summed E-state index contributed by atoms with van der Waals surface area (Å²) in [5, 5.41) is 10.2. The number of hydrogen-bond donors (Lipinski definition) is 1. The molecule has 0 spiro atoms. The van der Waals surface area contributed by atoms with Gasteiger partial charge in [0.1, 0.15) is 10.1 Å². The highest BCUT2D eigenvalue weighted by atomic mass is 35.5. The maximum atomic E-state index is 10.2. The first-order valence-electron chi connectivity index (χ1n) is 4.87. The van der Waals surface area contributed by atoms with Crippen LogP contribution in [-0.2, 0) is 0 Å². The van der Waals surface area contributed by atoms with E-state index in [9.17, 15) is 5.11 Å². The smallest absolute Gasteiger partial charge is 0.136 e. The molecule has 0 aliphatic carbocycles. The molecule has 1 nitrogen and oxygen atoms in total. The van der Waals surface area contributed by atoms with Gasteiger partial charge in [0.2, 0.25) is 0 Å². The Balaban J connectivity index is 3.00. The highest BCUT2D eigenvalue weighted by molar-refractivity contribution is 6.94. The molecule has 0 aromatic heterocycles. The molecule has 0 heterocycles. The maximum Gasteiger partial charge on any atom is 0.136 e. The van der Waals surface area contributed by atoms with Crippen LogP contribution in [0.4, 0.5) is 0 Å². The van der Waals surface area contributed by atoms with Crippen LogP contribution in [0.2, 0.25) is 19.6 Å². The van der Waals surface area contributed by atoms with E-state index in [0.717, 1.165) is 5.56 Å². The van der Waals surface area contributed by atoms with Crippen LogP contribution in [0.3, 0.4) is 0 Å². The zero-order valence-electron chi connectivity index (χ0n) is 9.17. The second-order valence-corrected chi connectivity index (χ2v) is 12.0. The van der Waals surface area contributed by atoms with Crippen LogP contribution in [-0.4, -0.2) is 17.1 Å². The number of alkyl halides is 2. The highest BCUT2D eigenvalue weighted by Crippen LogP contribution is 2.43. The number of halogens is 2. The van der Waals surface area contributed by atoms with Crippen molar-refractivity contribution in [1.29, 1.82) is 0 Å². The summed E-state index contributed by atoms with van der Waals surface area (Å²) < 4.78 is -1.06. The van der Waals surface area contributed by atoms with E-state index in [4.69, 9.17) is 23.2 Å². The van der Waals surface area contributed by atoms with Crippen molar-refractivity contribution in [2.24, 2.45) is 0 Å². The lowest BCUT2D eigenvalue weighted by Crippen LogP contribution is -2.47. The summed E-state index contributed by atoms with van der Waals surface area (Å²) in [5.74, 6) is 0. The van der Waals surface area contributed by atoms with Crippen molar-refractivity contribution in [3.63, 3.8) is 0 Å². The predicted molar refractivity (Wildman–Crippen MR) is 69.2 cm³/mol. The molecule has 0 aliphatic rings. The molecule has 0 saturated heterocycles. The average molecular weight is 263 g/mol. The van der Waals surface area contributed by atoms with E-state index in [0.29, 0.717) is 0 Å². The fourth-order valence-electron chi connectivity index (χ4n) is 1.25. The minimum atomic E-state index is -1.85. The van der Waals surface area contributed by atoms with Gasteiger partial charge in [-0.3, -0.25) is 0 Å². The van der Waals surface area contributed by atoms with Gasteiger partial charge in [0.05, 0.1) is 8.07 Å². The Kier molecular flexibility index (Phi) is 3.88. The summed E-state index contributed by atoms with van der Waals surface area (Å²) >= 11 is 12.5. The monoisotopic (exact) mass is 262 g/mol. The van der Waals surface area contributed by atoms with Gasteiger partial charge in [-0.05, 0) is 5.56 Å². The van der Waals surface area contributed by atoms with Gasteiger partial charge in [-0.25, -0.2) is 0 Å². The first-order chi connectivity index (χ1) is 6.77. The maximum absolute atomic E-state index is 10.2. The third-order valence-corrected chi connectivity index (χ3v) is 8.55. The van der Waals surface area contributed by atoms with Gasteiger partial charge in [-0.1, -0.05) is 50.0 Å². The lowest BCUT2D eigenvalue weighted by Gasteiger charge is -2.36. The highest BCUT2D eigenvalue weighted by Gasteiger charge is 2.46. The molecule has 1 unspecified atom stereocenters. The van der Waals surface area contributed by atoms with Crippen molar-refractivity contribution < 1.29 is 5.11 Å². The normalized spacial score (nSPS) is 15.1. The van der Waals surface area contributed by atoms with Crippen LogP contribution in [0.1, 0.15) is 11.7 Å². The molecule has 0 fully saturated rings. The number of hydrogen-bond acceptors (Lipinski definition) is 1. The predicted octanol–water partition coefficient (Wildman–Crippen LogP) is 3.77. The Morgan fingerprint density at radius 2 is 1.60 bits per heavy atom. The zero-order chi connectivity index (χ0) is 11.7. The topological polar surface area (TPSA) is 20.2 Å². The molecule has 0 amide bonds. The van der Waals surface area contributed by atoms with Gasteiger partial charge in [0, 0.05) is 0 Å². The van der Waals surface area contributed by atoms with Crippen LogP contribution in [0, 0.1) is 0 Å². The molecule has 1 atom stereocenters. The van der Waals surface area contributed by atoms with Crippen LogP contribution < -0.4 is 0 Å². The summed E-state index contributed by atoms with van der Waals surface area (Å²) in [7, 11) is -1.85. The molecular weight excluding hydrogens is 247 g/mol. The molecule has 1 aromatic carbocycles. The van der Waals surface area contributed by atoms with E-state index in [1.54, 1.807) is 0 Å². The largest absolute Gasteiger partial charge is 0.386 e. The number of rotatable bonds is 3. The quantitative estimate of drug-likeness (QED) is 0.650. The van der Waals surface area contributed by atoms with Crippen LogP contribution in [0.15, 0.2) is 30.3 Å². The summed E-state index contributed by atoms with van der Waals surface area (Å²) in [5.41, 5.74) is 0.768. The molecule has 0 aliphatic heterocycles. The van der Waals surface area contributed by atoms with E-state index in [-0.39, 0.29) is 0 Å². The number of aliphatic hydroxyl groups excluding tert-OH is 1.